The fourth-order valence-electron chi connectivity index (χ4n) is 2.55. The Balaban J connectivity index is 1.62. The number of benzene rings is 2. The Bertz CT molecular complexity index is 1030. The van der Waals surface area contributed by atoms with Crippen LogP contribution >= 0.6 is 11.3 Å². The summed E-state index contributed by atoms with van der Waals surface area (Å²) in [6, 6.07) is 11.7. The summed E-state index contributed by atoms with van der Waals surface area (Å²) < 4.78 is 16.2. The summed E-state index contributed by atoms with van der Waals surface area (Å²) in [6.45, 7) is 2.02. The molecule has 3 aromatic rings. The minimum Gasteiger partial charge on any atom is -0.493 e. The van der Waals surface area contributed by atoms with Crippen molar-refractivity contribution in [3.8, 4) is 17.2 Å². The number of nitrogens with zero attached hydrogens (tertiary/aromatic N) is 1. The largest absolute Gasteiger partial charge is 0.493 e. The second-order valence-electron chi connectivity index (χ2n) is 6.25. The predicted octanol–water partition coefficient (Wildman–Crippen LogP) is 3.16. The number of rotatable bonds is 9. The molecule has 30 heavy (non-hydrogen) atoms. The third-order valence-corrected chi connectivity index (χ3v) is 4.78. The van der Waals surface area contributed by atoms with Crippen molar-refractivity contribution in [2.45, 2.75) is 13.5 Å². The zero-order valence-electron chi connectivity index (χ0n) is 16.5. The van der Waals surface area contributed by atoms with Crippen LogP contribution in [0.2, 0.25) is 0 Å². The number of carbonyl (C=O) groups excluding carboxylic acids is 2. The summed E-state index contributed by atoms with van der Waals surface area (Å²) in [4.78, 5) is 27.8. The minimum absolute atomic E-state index is 0.296. The topological polar surface area (TPSA) is 113 Å². The molecule has 8 nitrogen and oxygen atoms in total. The van der Waals surface area contributed by atoms with Crippen LogP contribution in [-0.2, 0) is 11.4 Å². The van der Waals surface area contributed by atoms with E-state index in [1.165, 1.54) is 7.11 Å². The molecular formula is C21H21N3O5S. The summed E-state index contributed by atoms with van der Waals surface area (Å²) in [5, 5.41) is 5.72. The summed E-state index contributed by atoms with van der Waals surface area (Å²) in [5.74, 6) is 0.450. The highest BCUT2D eigenvalue weighted by molar-refractivity contribution is 7.09. The van der Waals surface area contributed by atoms with Crippen molar-refractivity contribution in [3.63, 3.8) is 0 Å². The molecule has 1 heterocycles. The summed E-state index contributed by atoms with van der Waals surface area (Å²) in [6.07, 6.45) is 0. The summed E-state index contributed by atoms with van der Waals surface area (Å²) >= 11 is 1.57. The van der Waals surface area contributed by atoms with Crippen molar-refractivity contribution >= 4 is 28.8 Å². The third kappa shape index (κ3) is 5.71. The van der Waals surface area contributed by atoms with Gasteiger partial charge in [-0.25, -0.2) is 4.98 Å². The van der Waals surface area contributed by atoms with E-state index in [9.17, 15) is 9.59 Å². The quantitative estimate of drug-likeness (QED) is 0.542. The Hall–Kier alpha value is -3.59. The maximum Gasteiger partial charge on any atom is 0.255 e. The van der Waals surface area contributed by atoms with Gasteiger partial charge in [-0.3, -0.25) is 9.59 Å². The fourth-order valence-corrected chi connectivity index (χ4v) is 3.15. The number of nitrogens with one attached hydrogen (secondary N) is 1. The first-order valence-electron chi connectivity index (χ1n) is 8.99. The Labute approximate surface area is 177 Å². The molecule has 3 N–H and O–H groups in total. The molecule has 1 aromatic heterocycles. The first kappa shape index (κ1) is 21.1. The number of amides is 2. The molecule has 0 aliphatic heterocycles. The van der Waals surface area contributed by atoms with E-state index in [1.54, 1.807) is 53.8 Å². The third-order valence-electron chi connectivity index (χ3n) is 3.96. The standard InChI is InChI=1S/C21H21N3O5S/c1-13-23-16(12-30-13)10-28-17-6-3-14(4-7-17)21(26)24-15-5-8-18(27-2)19(9-15)29-11-20(22)25/h3-9,12H,10-11H2,1-2H3,(H2,22,25)(H,24,26). The van der Waals surface area contributed by atoms with Crippen LogP contribution < -0.4 is 25.3 Å². The minimum atomic E-state index is -0.612. The molecule has 156 valence electrons. The zero-order chi connectivity index (χ0) is 21.5. The van der Waals surface area contributed by atoms with Gasteiger partial charge in [-0.15, -0.1) is 11.3 Å². The lowest BCUT2D eigenvalue weighted by Gasteiger charge is -2.12. The molecule has 3 rings (SSSR count). The molecule has 0 fully saturated rings. The summed E-state index contributed by atoms with van der Waals surface area (Å²) in [5.41, 5.74) is 6.92. The van der Waals surface area contributed by atoms with Crippen LogP contribution in [-0.4, -0.2) is 30.5 Å². The average Bonchev–Trinajstić information content (AvgIpc) is 3.16. The van der Waals surface area contributed by atoms with Gasteiger partial charge in [-0.1, -0.05) is 0 Å². The Morgan fingerprint density at radius 2 is 1.87 bits per heavy atom. The molecule has 0 aliphatic carbocycles. The molecule has 2 amide bonds. The Kier molecular flexibility index (Phi) is 6.87. The molecule has 0 bridgehead atoms. The van der Waals surface area contributed by atoms with Crippen molar-refractivity contribution in [3.05, 3.63) is 64.1 Å². The van der Waals surface area contributed by atoms with Crippen LogP contribution in [0, 0.1) is 6.92 Å². The fraction of sp³-hybridized carbons (Fsp3) is 0.190. The second kappa shape index (κ2) is 9.75. The number of nitrogens with two attached hydrogens (primary N) is 1. The highest BCUT2D eigenvalue weighted by Gasteiger charge is 2.11. The van der Waals surface area contributed by atoms with E-state index in [1.807, 2.05) is 12.3 Å². The maximum atomic E-state index is 12.5. The van der Waals surface area contributed by atoms with Crippen LogP contribution in [0.25, 0.3) is 0 Å². The van der Waals surface area contributed by atoms with Gasteiger partial charge in [0.05, 0.1) is 17.8 Å². The lowest BCUT2D eigenvalue weighted by Crippen LogP contribution is -2.20. The van der Waals surface area contributed by atoms with Gasteiger partial charge in [0, 0.05) is 22.7 Å². The zero-order valence-corrected chi connectivity index (χ0v) is 17.3. The molecule has 9 heteroatoms. The van der Waals surface area contributed by atoms with Crippen LogP contribution in [0.3, 0.4) is 0 Å². The van der Waals surface area contributed by atoms with E-state index in [0.717, 1.165) is 10.7 Å². The number of ether oxygens (including phenoxy) is 3. The highest BCUT2D eigenvalue weighted by atomic mass is 32.1. The lowest BCUT2D eigenvalue weighted by atomic mass is 10.2. The van der Waals surface area contributed by atoms with E-state index < -0.39 is 5.91 Å². The van der Waals surface area contributed by atoms with E-state index in [-0.39, 0.29) is 12.5 Å². The normalized spacial score (nSPS) is 10.3. The van der Waals surface area contributed by atoms with Gasteiger partial charge in [0.1, 0.15) is 12.4 Å². The van der Waals surface area contributed by atoms with Crippen LogP contribution in [0.5, 0.6) is 17.2 Å². The highest BCUT2D eigenvalue weighted by Crippen LogP contribution is 2.30. The lowest BCUT2D eigenvalue weighted by molar-refractivity contribution is -0.119. The molecule has 0 radical (unpaired) electrons. The van der Waals surface area contributed by atoms with E-state index in [0.29, 0.717) is 35.1 Å². The first-order valence-corrected chi connectivity index (χ1v) is 9.87. The smallest absolute Gasteiger partial charge is 0.255 e. The molecule has 0 spiro atoms. The Morgan fingerprint density at radius 1 is 1.10 bits per heavy atom. The molecule has 0 saturated heterocycles. The van der Waals surface area contributed by atoms with Gasteiger partial charge in [0.2, 0.25) is 0 Å². The number of aromatic nitrogens is 1. The van der Waals surface area contributed by atoms with Crippen LogP contribution in [0.4, 0.5) is 5.69 Å². The molecule has 0 atom stereocenters. The van der Waals surface area contributed by atoms with Crippen LogP contribution in [0.15, 0.2) is 47.8 Å². The number of hydrogen-bond donors (Lipinski definition) is 2. The van der Waals surface area contributed by atoms with Crippen molar-refractivity contribution < 1.29 is 23.8 Å². The Morgan fingerprint density at radius 3 is 2.50 bits per heavy atom. The number of thiazole rings is 1. The van der Waals surface area contributed by atoms with E-state index in [2.05, 4.69) is 10.3 Å². The van der Waals surface area contributed by atoms with Gasteiger partial charge in [0.15, 0.2) is 18.1 Å². The van der Waals surface area contributed by atoms with Crippen molar-refractivity contribution in [1.29, 1.82) is 0 Å². The maximum absolute atomic E-state index is 12.5. The van der Waals surface area contributed by atoms with E-state index >= 15 is 0 Å². The van der Waals surface area contributed by atoms with Gasteiger partial charge < -0.3 is 25.3 Å². The van der Waals surface area contributed by atoms with Crippen LogP contribution in [0.1, 0.15) is 21.1 Å². The first-order chi connectivity index (χ1) is 14.4. The number of carbonyl (C=O) groups is 2. The number of primary amides is 1. The average molecular weight is 427 g/mol. The molecule has 2 aromatic carbocycles. The molecule has 0 saturated carbocycles. The van der Waals surface area contributed by atoms with Gasteiger partial charge in [0.25, 0.3) is 11.8 Å². The van der Waals surface area contributed by atoms with Gasteiger partial charge >= 0.3 is 0 Å². The molecule has 0 aliphatic rings. The van der Waals surface area contributed by atoms with E-state index in [4.69, 9.17) is 19.9 Å². The SMILES string of the molecule is COc1ccc(NC(=O)c2ccc(OCc3csc(C)n3)cc2)cc1OCC(N)=O. The molecular weight excluding hydrogens is 406 g/mol. The second-order valence-corrected chi connectivity index (χ2v) is 7.31. The van der Waals surface area contributed by atoms with Gasteiger partial charge in [-0.05, 0) is 43.3 Å². The molecule has 0 unspecified atom stereocenters. The number of aryl methyl sites for hydroxylation is 1. The number of anilines is 1. The predicted molar refractivity (Wildman–Crippen MR) is 113 cm³/mol. The van der Waals surface area contributed by atoms with Crippen molar-refractivity contribution in [1.82, 2.24) is 4.98 Å². The van der Waals surface area contributed by atoms with Gasteiger partial charge in [-0.2, -0.15) is 0 Å². The monoisotopic (exact) mass is 427 g/mol. The summed E-state index contributed by atoms with van der Waals surface area (Å²) in [7, 11) is 1.48. The van der Waals surface area contributed by atoms with Crippen molar-refractivity contribution in [2.24, 2.45) is 5.73 Å². The van der Waals surface area contributed by atoms with Crippen molar-refractivity contribution in [2.75, 3.05) is 19.0 Å². The number of methoxy groups -OCH3 is 1. The number of hydrogen-bond acceptors (Lipinski definition) is 7.